The van der Waals surface area contributed by atoms with Gasteiger partial charge in [-0.2, -0.15) is 0 Å². The predicted molar refractivity (Wildman–Crippen MR) is 153 cm³/mol. The summed E-state index contributed by atoms with van der Waals surface area (Å²) >= 11 is 0. The van der Waals surface area contributed by atoms with Crippen LogP contribution < -0.4 is 0 Å². The minimum Gasteiger partial charge on any atom is -0.458 e. The Morgan fingerprint density at radius 1 is 0.977 bits per heavy atom. The van der Waals surface area contributed by atoms with Gasteiger partial charge in [0.25, 0.3) is 0 Å². The van der Waals surface area contributed by atoms with E-state index in [1.54, 1.807) is 12.1 Å². The fourth-order valence-electron chi connectivity index (χ4n) is 9.81. The van der Waals surface area contributed by atoms with Crippen molar-refractivity contribution in [2.24, 2.45) is 28.6 Å². The van der Waals surface area contributed by atoms with E-state index in [1.165, 1.54) is 6.08 Å². The Kier molecular flexibility index (Phi) is 7.62. The van der Waals surface area contributed by atoms with Gasteiger partial charge < -0.3 is 44.5 Å². The number of hydrogen-bond donors (Lipinski definition) is 6. The van der Waals surface area contributed by atoms with Crippen LogP contribution in [0.3, 0.4) is 0 Å². The summed E-state index contributed by atoms with van der Waals surface area (Å²) < 4.78 is 19.1. The average Bonchev–Trinajstić information content (AvgIpc) is 3.64. The molecule has 10 nitrogen and oxygen atoms in total. The van der Waals surface area contributed by atoms with Crippen molar-refractivity contribution in [1.82, 2.24) is 0 Å². The molecule has 4 aliphatic carbocycles. The minimum absolute atomic E-state index is 0.0626. The summed E-state index contributed by atoms with van der Waals surface area (Å²) in [6.07, 6.45) is 1.42. The zero-order valence-corrected chi connectivity index (χ0v) is 25.7. The van der Waals surface area contributed by atoms with Crippen LogP contribution in [0.15, 0.2) is 28.2 Å². The summed E-state index contributed by atoms with van der Waals surface area (Å²) in [6.45, 7) is 7.72. The molecule has 5 aliphatic rings. The van der Waals surface area contributed by atoms with Crippen LogP contribution >= 0.6 is 0 Å². The molecule has 2 heterocycles. The molecule has 10 heteroatoms. The Bertz CT molecular complexity index is 1280. The van der Waals surface area contributed by atoms with E-state index in [4.69, 9.17) is 13.9 Å². The summed E-state index contributed by atoms with van der Waals surface area (Å²) in [5, 5.41) is 64.7. The van der Waals surface area contributed by atoms with Gasteiger partial charge >= 0.3 is 0 Å². The lowest BCUT2D eigenvalue weighted by Crippen LogP contribution is -2.69. The molecule has 1 aromatic rings. The van der Waals surface area contributed by atoms with Crippen LogP contribution in [0, 0.1) is 28.6 Å². The maximum atomic E-state index is 13.6. The van der Waals surface area contributed by atoms with Gasteiger partial charge in [-0.15, -0.1) is 0 Å². The lowest BCUT2D eigenvalue weighted by atomic mass is 9.44. The highest BCUT2D eigenvalue weighted by Crippen LogP contribution is 2.70. The molecule has 0 unspecified atom stereocenters. The molecule has 0 radical (unpaired) electrons. The van der Waals surface area contributed by atoms with Gasteiger partial charge in [-0.3, -0.25) is 4.79 Å². The third kappa shape index (κ3) is 4.31. The van der Waals surface area contributed by atoms with Crippen LogP contribution in [0.5, 0.6) is 0 Å². The lowest BCUT2D eigenvalue weighted by Gasteiger charge is -2.62. The molecule has 3 saturated carbocycles. The molecule has 0 amide bonds. The maximum Gasteiger partial charge on any atom is 0.218 e. The van der Waals surface area contributed by atoms with Crippen LogP contribution in [-0.2, 0) is 20.9 Å². The van der Waals surface area contributed by atoms with Crippen molar-refractivity contribution < 1.29 is 49.3 Å². The number of furan rings is 1. The van der Waals surface area contributed by atoms with E-state index >= 15 is 0 Å². The van der Waals surface area contributed by atoms with Crippen molar-refractivity contribution in [3.8, 4) is 0 Å². The van der Waals surface area contributed by atoms with Crippen LogP contribution in [-0.4, -0.2) is 78.1 Å². The second kappa shape index (κ2) is 10.5. The number of aliphatic hydroxyl groups excluding tert-OH is 4. The Labute approximate surface area is 252 Å². The van der Waals surface area contributed by atoms with Gasteiger partial charge in [-0.1, -0.05) is 20.8 Å². The lowest BCUT2D eigenvalue weighted by molar-refractivity contribution is -0.210. The molecular weight excluding hydrogens is 556 g/mol. The third-order valence-electron chi connectivity index (χ3n) is 12.6. The number of rotatable bonds is 7. The zero-order chi connectivity index (χ0) is 31.2. The molecule has 1 saturated heterocycles. The summed E-state index contributed by atoms with van der Waals surface area (Å²) in [7, 11) is 0. The maximum absolute atomic E-state index is 13.6. The second-order valence-electron chi connectivity index (χ2n) is 14.8. The Hall–Kier alpha value is -1.63. The van der Waals surface area contributed by atoms with Crippen LogP contribution in [0.25, 0.3) is 0 Å². The number of carbonyl (C=O) groups excluding carboxylic acids is 1. The van der Waals surface area contributed by atoms with E-state index in [0.717, 1.165) is 0 Å². The minimum atomic E-state index is -1.81. The van der Waals surface area contributed by atoms with Gasteiger partial charge in [0.1, 0.15) is 18.0 Å². The van der Waals surface area contributed by atoms with Gasteiger partial charge in [0, 0.05) is 23.9 Å². The van der Waals surface area contributed by atoms with Gasteiger partial charge in [0.05, 0.1) is 29.5 Å². The van der Waals surface area contributed by atoms with Crippen molar-refractivity contribution in [3.63, 3.8) is 0 Å². The van der Waals surface area contributed by atoms with E-state index in [-0.39, 0.29) is 49.9 Å². The van der Waals surface area contributed by atoms with Crippen molar-refractivity contribution >= 4 is 5.78 Å². The quantitative estimate of drug-likeness (QED) is 0.272. The number of ether oxygens (including phenoxy) is 2. The normalized spacial score (nSPS) is 48.4. The van der Waals surface area contributed by atoms with Gasteiger partial charge in [0.2, 0.25) is 6.29 Å². The SMILES string of the molecule is C[C@@H](CO)CC[C@H]1O[C@@H](c2ccc(CO)o2)O[C@]1(C)[C@H]1CC[C@@]2(O)C3=CC(=O)[C@]4(O)C[C@@H](O)[C@@H](O)C[C@]4(C)[C@H]3CC[C@]12C. The molecular formula is C33H48O10. The first-order chi connectivity index (χ1) is 20.2. The van der Waals surface area contributed by atoms with Crippen molar-refractivity contribution in [2.75, 3.05) is 6.61 Å². The molecule has 1 aromatic heterocycles. The predicted octanol–water partition coefficient (Wildman–Crippen LogP) is 2.67. The molecule has 0 spiro atoms. The van der Waals surface area contributed by atoms with Crippen LogP contribution in [0.2, 0.25) is 0 Å². The topological polar surface area (TPSA) is 170 Å². The smallest absolute Gasteiger partial charge is 0.218 e. The van der Waals surface area contributed by atoms with E-state index < -0.39 is 51.9 Å². The van der Waals surface area contributed by atoms with Crippen molar-refractivity contribution in [1.29, 1.82) is 0 Å². The molecule has 240 valence electrons. The molecule has 0 aromatic carbocycles. The molecule has 43 heavy (non-hydrogen) atoms. The molecule has 0 bridgehead atoms. The highest BCUT2D eigenvalue weighted by Gasteiger charge is 2.73. The Morgan fingerprint density at radius 2 is 1.70 bits per heavy atom. The van der Waals surface area contributed by atoms with Crippen LogP contribution in [0.4, 0.5) is 0 Å². The number of hydrogen-bond acceptors (Lipinski definition) is 10. The summed E-state index contributed by atoms with van der Waals surface area (Å²) in [4.78, 5) is 13.6. The molecule has 4 fully saturated rings. The monoisotopic (exact) mass is 604 g/mol. The van der Waals surface area contributed by atoms with Crippen molar-refractivity contribution in [3.05, 3.63) is 35.3 Å². The second-order valence-corrected chi connectivity index (χ2v) is 14.8. The van der Waals surface area contributed by atoms with Crippen molar-refractivity contribution in [2.45, 2.75) is 127 Å². The Morgan fingerprint density at radius 3 is 2.37 bits per heavy atom. The van der Waals surface area contributed by atoms with Gasteiger partial charge in [-0.05, 0) is 93.4 Å². The van der Waals surface area contributed by atoms with Crippen LogP contribution in [0.1, 0.15) is 96.9 Å². The first-order valence-electron chi connectivity index (χ1n) is 15.9. The highest BCUT2D eigenvalue weighted by molar-refractivity contribution is 6.00. The highest BCUT2D eigenvalue weighted by atomic mass is 16.7. The largest absolute Gasteiger partial charge is 0.458 e. The van der Waals surface area contributed by atoms with E-state index in [1.807, 2.05) is 20.8 Å². The molecule has 6 N–H and O–H groups in total. The summed E-state index contributed by atoms with van der Waals surface area (Å²) in [6, 6.07) is 3.43. The first kappa shape index (κ1) is 31.4. The third-order valence-corrected chi connectivity index (χ3v) is 12.6. The number of carbonyl (C=O) groups is 1. The fourth-order valence-corrected chi connectivity index (χ4v) is 9.81. The summed E-state index contributed by atoms with van der Waals surface area (Å²) in [5.41, 5.74) is -5.10. The average molecular weight is 605 g/mol. The number of aliphatic hydroxyl groups is 6. The standard InChI is InChI=1S/C33H48O10/c1-18(16-34)5-8-27-31(4,43-28(42-27)24-7-6-19(17-35)41-24)25-10-12-32(39)21-13-26(38)33(40)15-23(37)22(36)14-30(33,3)20(21)9-11-29(25,32)2/h6-7,13,18,20,22-23,25,27-28,34-37,39-40H,5,8-12,14-17H2,1-4H3/t18-,20+,22+,23-,25+,27-,28-,29-,30-,31-,32-,33-/m1/s1. The van der Waals surface area contributed by atoms with Gasteiger partial charge in [0.15, 0.2) is 11.5 Å². The summed E-state index contributed by atoms with van der Waals surface area (Å²) in [5.74, 6) is -0.0816. The fraction of sp³-hybridized carbons (Fsp3) is 0.788. The van der Waals surface area contributed by atoms with E-state index in [2.05, 4.69) is 6.92 Å². The number of fused-ring (bicyclic) bond motifs is 5. The first-order valence-corrected chi connectivity index (χ1v) is 15.9. The van der Waals surface area contributed by atoms with E-state index in [0.29, 0.717) is 55.6 Å². The Balaban J connectivity index is 1.36. The van der Waals surface area contributed by atoms with E-state index in [9.17, 15) is 35.4 Å². The molecule has 12 atom stereocenters. The molecule has 1 aliphatic heterocycles. The zero-order valence-electron chi connectivity index (χ0n) is 25.7. The molecule has 6 rings (SSSR count). The number of ketones is 1. The van der Waals surface area contributed by atoms with Gasteiger partial charge in [-0.25, -0.2) is 0 Å².